The number of carbonyl (C=O) groups excluding carboxylic acids is 1. The quantitative estimate of drug-likeness (QED) is 0.599. The number of hydrogen-bond acceptors (Lipinski definition) is 2. The van der Waals surface area contributed by atoms with Crippen molar-refractivity contribution in [2.24, 2.45) is 5.92 Å². The predicted molar refractivity (Wildman–Crippen MR) is 99.1 cm³/mol. The van der Waals surface area contributed by atoms with Gasteiger partial charge in [0.15, 0.2) is 0 Å². The van der Waals surface area contributed by atoms with Crippen LogP contribution in [-0.4, -0.2) is 21.3 Å². The first kappa shape index (κ1) is 20.1. The van der Waals surface area contributed by atoms with E-state index in [4.69, 9.17) is 51.5 Å². The molecule has 2 unspecified atom stereocenters. The summed E-state index contributed by atoms with van der Waals surface area (Å²) in [5.41, 5.74) is -0.168. The minimum Gasteiger partial charge on any atom is -0.478 e. The van der Waals surface area contributed by atoms with Crippen LogP contribution in [0.15, 0.2) is 30.3 Å². The van der Waals surface area contributed by atoms with E-state index in [2.05, 4.69) is 5.32 Å². The van der Waals surface area contributed by atoms with Gasteiger partial charge in [0.25, 0.3) is 0 Å². The number of amides is 1. The molecule has 27 heavy (non-hydrogen) atoms. The first-order valence-electron chi connectivity index (χ1n) is 7.40. The van der Waals surface area contributed by atoms with Gasteiger partial charge in [-0.3, -0.25) is 4.79 Å². The molecule has 142 valence electrons. The van der Waals surface area contributed by atoms with Crippen molar-refractivity contribution < 1.29 is 23.5 Å². The number of carboxylic acids is 1. The summed E-state index contributed by atoms with van der Waals surface area (Å²) in [7, 11) is 0. The van der Waals surface area contributed by atoms with Crippen LogP contribution in [0, 0.1) is 17.6 Å². The summed E-state index contributed by atoms with van der Waals surface area (Å²) in [5.74, 6) is -5.36. The van der Waals surface area contributed by atoms with E-state index in [9.17, 15) is 18.4 Å². The monoisotopic (exact) mass is 453 g/mol. The maximum atomic E-state index is 13.8. The average Bonchev–Trinajstić information content (AvgIpc) is 3.15. The van der Waals surface area contributed by atoms with Crippen LogP contribution in [0.4, 0.5) is 14.5 Å². The largest absolute Gasteiger partial charge is 0.478 e. The first-order chi connectivity index (χ1) is 12.5. The molecular formula is C17H9Cl4F2NO3. The third kappa shape index (κ3) is 3.72. The molecule has 1 amide bonds. The van der Waals surface area contributed by atoms with Crippen molar-refractivity contribution in [3.8, 4) is 0 Å². The summed E-state index contributed by atoms with van der Waals surface area (Å²) in [6, 6.07) is 5.75. The molecule has 0 radical (unpaired) electrons. The van der Waals surface area contributed by atoms with E-state index in [0.717, 1.165) is 18.2 Å². The second kappa shape index (κ2) is 7.09. The normalized spacial score (nSPS) is 20.2. The number of aromatic carboxylic acids is 1. The molecule has 0 aromatic heterocycles. The average molecular weight is 455 g/mol. The molecule has 0 aliphatic heterocycles. The lowest BCUT2D eigenvalue weighted by Crippen LogP contribution is -2.17. The number of nitrogens with one attached hydrogen (secondary N) is 1. The van der Waals surface area contributed by atoms with Crippen LogP contribution in [0.25, 0.3) is 0 Å². The number of anilines is 1. The fourth-order valence-corrected chi connectivity index (χ4v) is 4.02. The number of alkyl halides is 2. The van der Waals surface area contributed by atoms with Crippen LogP contribution in [0.1, 0.15) is 21.8 Å². The second-order valence-corrected chi connectivity index (χ2v) is 8.15. The Bertz CT molecular complexity index is 967. The van der Waals surface area contributed by atoms with Crippen molar-refractivity contribution in [1.82, 2.24) is 0 Å². The molecule has 1 fully saturated rings. The fraction of sp³-hybridized carbons (Fsp3) is 0.176. The Balaban J connectivity index is 1.84. The zero-order chi connectivity index (χ0) is 20.1. The Hall–Kier alpha value is -1.60. The Morgan fingerprint density at radius 1 is 1.07 bits per heavy atom. The lowest BCUT2D eigenvalue weighted by molar-refractivity contribution is -0.117. The van der Waals surface area contributed by atoms with Gasteiger partial charge in [-0.15, -0.1) is 23.2 Å². The van der Waals surface area contributed by atoms with E-state index in [0.29, 0.717) is 5.56 Å². The highest BCUT2D eigenvalue weighted by Gasteiger charge is 2.67. The van der Waals surface area contributed by atoms with Gasteiger partial charge < -0.3 is 10.4 Å². The van der Waals surface area contributed by atoms with Crippen LogP contribution in [0.2, 0.25) is 10.0 Å². The third-order valence-corrected chi connectivity index (χ3v) is 5.78. The maximum Gasteiger partial charge on any atom is 0.337 e. The van der Waals surface area contributed by atoms with Gasteiger partial charge in [0.05, 0.1) is 21.5 Å². The van der Waals surface area contributed by atoms with E-state index in [1.54, 1.807) is 0 Å². The lowest BCUT2D eigenvalue weighted by atomic mass is 10.1. The lowest BCUT2D eigenvalue weighted by Gasteiger charge is -2.08. The number of hydrogen-bond donors (Lipinski definition) is 2. The summed E-state index contributed by atoms with van der Waals surface area (Å²) < 4.78 is 25.6. The summed E-state index contributed by atoms with van der Waals surface area (Å²) >= 11 is 23.7. The molecule has 10 heteroatoms. The number of benzene rings is 2. The third-order valence-electron chi connectivity index (χ3n) is 4.16. The SMILES string of the molecule is O=C(O)c1cc(NC(=O)C2C(c3ccc(F)c(Cl)c3)C2(Cl)Cl)cc(F)c1Cl. The molecule has 2 aromatic rings. The summed E-state index contributed by atoms with van der Waals surface area (Å²) in [4.78, 5) is 23.6. The van der Waals surface area contributed by atoms with Crippen molar-refractivity contribution in [2.45, 2.75) is 10.3 Å². The Morgan fingerprint density at radius 3 is 2.33 bits per heavy atom. The molecule has 1 saturated carbocycles. The predicted octanol–water partition coefficient (Wildman–Crippen LogP) is 5.50. The van der Waals surface area contributed by atoms with Gasteiger partial charge in [-0.1, -0.05) is 29.3 Å². The van der Waals surface area contributed by atoms with E-state index >= 15 is 0 Å². The summed E-state index contributed by atoms with van der Waals surface area (Å²) in [5, 5.41) is 10.7. The molecule has 0 bridgehead atoms. The minimum atomic E-state index is -1.48. The van der Waals surface area contributed by atoms with Crippen LogP contribution in [-0.2, 0) is 4.79 Å². The van der Waals surface area contributed by atoms with Gasteiger partial charge in [-0.05, 0) is 29.8 Å². The minimum absolute atomic E-state index is 0.119. The van der Waals surface area contributed by atoms with Gasteiger partial charge in [0.1, 0.15) is 16.0 Å². The van der Waals surface area contributed by atoms with Gasteiger partial charge >= 0.3 is 5.97 Å². The van der Waals surface area contributed by atoms with E-state index < -0.39 is 50.3 Å². The Morgan fingerprint density at radius 2 is 1.74 bits per heavy atom. The summed E-state index contributed by atoms with van der Waals surface area (Å²) in [6.07, 6.45) is 0. The standard InChI is InChI=1S/C17H9Cl4F2NO3/c18-9-3-6(1-2-10(9)22)12-13(17(12,20)21)15(25)24-7-4-8(16(26)27)14(19)11(23)5-7/h1-5,12-13H,(H,24,25)(H,26,27). The number of carboxylic acid groups (broad SMARTS) is 1. The van der Waals surface area contributed by atoms with Crippen molar-refractivity contribution in [1.29, 1.82) is 0 Å². The molecule has 2 atom stereocenters. The summed E-state index contributed by atoms with van der Waals surface area (Å²) in [6.45, 7) is 0. The zero-order valence-electron chi connectivity index (χ0n) is 13.1. The van der Waals surface area contributed by atoms with Crippen molar-refractivity contribution in [3.63, 3.8) is 0 Å². The number of halogens is 6. The highest BCUT2D eigenvalue weighted by atomic mass is 35.5. The van der Waals surface area contributed by atoms with E-state index in [1.807, 2.05) is 0 Å². The topological polar surface area (TPSA) is 66.4 Å². The van der Waals surface area contributed by atoms with Gasteiger partial charge in [-0.2, -0.15) is 0 Å². The molecule has 4 nitrogen and oxygen atoms in total. The van der Waals surface area contributed by atoms with E-state index in [1.165, 1.54) is 12.1 Å². The smallest absolute Gasteiger partial charge is 0.337 e. The van der Waals surface area contributed by atoms with Crippen LogP contribution in [0.3, 0.4) is 0 Å². The molecule has 0 heterocycles. The van der Waals surface area contributed by atoms with Gasteiger partial charge in [-0.25, -0.2) is 13.6 Å². The van der Waals surface area contributed by atoms with Gasteiger partial charge in [0.2, 0.25) is 5.91 Å². The number of rotatable bonds is 4. The molecule has 3 rings (SSSR count). The fourth-order valence-electron chi connectivity index (χ4n) is 2.81. The highest BCUT2D eigenvalue weighted by Crippen LogP contribution is 2.65. The molecule has 2 aromatic carbocycles. The zero-order valence-corrected chi connectivity index (χ0v) is 16.1. The number of carbonyl (C=O) groups is 2. The van der Waals surface area contributed by atoms with E-state index in [-0.39, 0.29) is 10.7 Å². The Kier molecular flexibility index (Phi) is 5.29. The molecule has 1 aliphatic rings. The molecular weight excluding hydrogens is 446 g/mol. The second-order valence-electron chi connectivity index (χ2n) is 5.92. The van der Waals surface area contributed by atoms with Crippen LogP contribution >= 0.6 is 46.4 Å². The van der Waals surface area contributed by atoms with Crippen LogP contribution < -0.4 is 5.32 Å². The molecule has 0 saturated heterocycles. The van der Waals surface area contributed by atoms with Crippen molar-refractivity contribution in [2.75, 3.05) is 5.32 Å². The van der Waals surface area contributed by atoms with Gasteiger partial charge in [0, 0.05) is 11.6 Å². The molecule has 0 spiro atoms. The van der Waals surface area contributed by atoms with Crippen molar-refractivity contribution in [3.05, 3.63) is 63.1 Å². The van der Waals surface area contributed by atoms with Crippen molar-refractivity contribution >= 4 is 64.0 Å². The first-order valence-corrected chi connectivity index (χ1v) is 8.91. The highest BCUT2D eigenvalue weighted by molar-refractivity contribution is 6.53. The van der Waals surface area contributed by atoms with Crippen LogP contribution in [0.5, 0.6) is 0 Å². The molecule has 1 aliphatic carbocycles. The molecule has 2 N–H and O–H groups in total. The maximum absolute atomic E-state index is 13.8. The Labute approximate surface area is 172 Å².